The highest BCUT2D eigenvalue weighted by molar-refractivity contribution is 6.00. The maximum absolute atomic E-state index is 13.6. The van der Waals surface area contributed by atoms with Crippen molar-refractivity contribution in [2.24, 2.45) is 0 Å². The van der Waals surface area contributed by atoms with Crippen molar-refractivity contribution in [2.75, 3.05) is 11.9 Å². The number of nitrogens with one attached hydrogen (secondary N) is 1. The molecule has 1 N–H and O–H groups in total. The zero-order valence-corrected chi connectivity index (χ0v) is 16.5. The van der Waals surface area contributed by atoms with Crippen molar-refractivity contribution in [1.29, 1.82) is 0 Å². The standard InChI is InChI=1S/C25H21FN2O2/c1-17-7-13-22-21(15-17)25(19-9-11-20(26)12-10-19)28(16-23(29)27-22)24(30)14-8-18-5-3-2-4-6-18/h2-15,25H,16H2,1H3,(H,27,29)/b14-8-. The molecule has 0 saturated heterocycles. The molecule has 1 aliphatic rings. The smallest absolute Gasteiger partial charge is 0.247 e. The van der Waals surface area contributed by atoms with Gasteiger partial charge in [-0.3, -0.25) is 9.59 Å². The summed E-state index contributed by atoms with van der Waals surface area (Å²) < 4.78 is 13.6. The molecule has 3 aromatic carbocycles. The second-order valence-corrected chi connectivity index (χ2v) is 7.30. The van der Waals surface area contributed by atoms with E-state index in [0.29, 0.717) is 5.69 Å². The summed E-state index contributed by atoms with van der Waals surface area (Å²) in [5, 5.41) is 2.89. The van der Waals surface area contributed by atoms with Gasteiger partial charge < -0.3 is 10.2 Å². The van der Waals surface area contributed by atoms with Gasteiger partial charge in [-0.15, -0.1) is 0 Å². The molecule has 150 valence electrons. The maximum atomic E-state index is 13.6. The number of benzene rings is 3. The third-order valence-electron chi connectivity index (χ3n) is 5.09. The van der Waals surface area contributed by atoms with E-state index in [0.717, 1.165) is 22.3 Å². The first-order valence-electron chi connectivity index (χ1n) is 9.71. The number of fused-ring (bicyclic) bond motifs is 1. The van der Waals surface area contributed by atoms with Gasteiger partial charge in [0.15, 0.2) is 0 Å². The van der Waals surface area contributed by atoms with E-state index in [9.17, 15) is 14.0 Å². The van der Waals surface area contributed by atoms with Crippen molar-refractivity contribution in [1.82, 2.24) is 4.90 Å². The van der Waals surface area contributed by atoms with Crippen molar-refractivity contribution < 1.29 is 14.0 Å². The molecule has 4 rings (SSSR count). The summed E-state index contributed by atoms with van der Waals surface area (Å²) >= 11 is 0. The number of aryl methyl sites for hydroxylation is 1. The molecule has 1 aliphatic heterocycles. The van der Waals surface area contributed by atoms with Gasteiger partial charge in [0.25, 0.3) is 0 Å². The van der Waals surface area contributed by atoms with Crippen LogP contribution >= 0.6 is 0 Å². The molecule has 0 fully saturated rings. The summed E-state index contributed by atoms with van der Waals surface area (Å²) in [6.07, 6.45) is 3.20. The van der Waals surface area contributed by atoms with E-state index >= 15 is 0 Å². The highest BCUT2D eigenvalue weighted by Gasteiger charge is 2.32. The Hall–Kier alpha value is -3.73. The Balaban J connectivity index is 1.79. The minimum absolute atomic E-state index is 0.103. The minimum atomic E-state index is -0.521. The molecule has 0 spiro atoms. The lowest BCUT2D eigenvalue weighted by molar-refractivity contribution is -0.131. The number of halogens is 1. The summed E-state index contributed by atoms with van der Waals surface area (Å²) in [4.78, 5) is 27.3. The van der Waals surface area contributed by atoms with E-state index in [1.165, 1.54) is 23.1 Å². The number of rotatable bonds is 3. The van der Waals surface area contributed by atoms with E-state index in [-0.39, 0.29) is 24.2 Å². The van der Waals surface area contributed by atoms with E-state index in [2.05, 4.69) is 5.32 Å². The van der Waals surface area contributed by atoms with Gasteiger partial charge in [0.2, 0.25) is 11.8 Å². The monoisotopic (exact) mass is 400 g/mol. The Morgan fingerprint density at radius 2 is 1.80 bits per heavy atom. The van der Waals surface area contributed by atoms with Crippen molar-refractivity contribution >= 4 is 23.6 Å². The van der Waals surface area contributed by atoms with Crippen LogP contribution in [0.5, 0.6) is 0 Å². The van der Waals surface area contributed by atoms with Gasteiger partial charge in [-0.25, -0.2) is 4.39 Å². The fraction of sp³-hybridized carbons (Fsp3) is 0.120. The number of nitrogens with zero attached hydrogens (tertiary/aromatic N) is 1. The van der Waals surface area contributed by atoms with Crippen molar-refractivity contribution in [2.45, 2.75) is 13.0 Å². The SMILES string of the molecule is Cc1ccc2c(c1)C(c1ccc(F)cc1)N(C(=O)/C=C\c1ccccc1)CC(=O)N2. The van der Waals surface area contributed by atoms with Gasteiger partial charge in [0.1, 0.15) is 12.4 Å². The molecular formula is C25H21FN2O2. The maximum Gasteiger partial charge on any atom is 0.247 e. The van der Waals surface area contributed by atoms with Crippen molar-refractivity contribution in [3.8, 4) is 0 Å². The lowest BCUT2D eigenvalue weighted by Gasteiger charge is -2.30. The Bertz CT molecular complexity index is 1110. The van der Waals surface area contributed by atoms with E-state index < -0.39 is 6.04 Å². The average Bonchev–Trinajstić information content (AvgIpc) is 2.89. The molecule has 0 bridgehead atoms. The fourth-order valence-corrected chi connectivity index (χ4v) is 3.66. The fourth-order valence-electron chi connectivity index (χ4n) is 3.66. The van der Waals surface area contributed by atoms with Crippen LogP contribution in [0.1, 0.15) is 28.3 Å². The molecule has 2 amide bonds. The summed E-state index contributed by atoms with van der Waals surface area (Å²) in [5.41, 5.74) is 4.08. The van der Waals surface area contributed by atoms with Crippen LogP contribution in [0, 0.1) is 12.7 Å². The van der Waals surface area contributed by atoms with Crippen LogP contribution in [0.2, 0.25) is 0 Å². The number of carbonyl (C=O) groups is 2. The predicted octanol–water partition coefficient (Wildman–Crippen LogP) is 4.72. The summed E-state index contributed by atoms with van der Waals surface area (Å²) in [7, 11) is 0. The van der Waals surface area contributed by atoms with E-state index in [4.69, 9.17) is 0 Å². The zero-order valence-electron chi connectivity index (χ0n) is 16.5. The van der Waals surface area contributed by atoms with Crippen LogP contribution in [0.25, 0.3) is 6.08 Å². The molecule has 30 heavy (non-hydrogen) atoms. The van der Waals surface area contributed by atoms with Crippen LogP contribution in [0.4, 0.5) is 10.1 Å². The molecule has 0 aromatic heterocycles. The Morgan fingerprint density at radius 1 is 1.07 bits per heavy atom. The van der Waals surface area contributed by atoms with Crippen LogP contribution in [-0.4, -0.2) is 23.3 Å². The number of hydrogen-bond donors (Lipinski definition) is 1. The predicted molar refractivity (Wildman–Crippen MR) is 115 cm³/mol. The number of carbonyl (C=O) groups excluding carboxylic acids is 2. The van der Waals surface area contributed by atoms with Gasteiger partial charge in [-0.2, -0.15) is 0 Å². The van der Waals surface area contributed by atoms with Gasteiger partial charge in [0, 0.05) is 17.3 Å². The van der Waals surface area contributed by atoms with Crippen LogP contribution in [-0.2, 0) is 9.59 Å². The first-order valence-corrected chi connectivity index (χ1v) is 9.71. The molecule has 5 heteroatoms. The van der Waals surface area contributed by atoms with Crippen LogP contribution in [0.3, 0.4) is 0 Å². The molecule has 3 aromatic rings. The molecule has 1 atom stereocenters. The number of amides is 2. The normalized spacial score (nSPS) is 16.1. The first kappa shape index (κ1) is 19.6. The highest BCUT2D eigenvalue weighted by atomic mass is 19.1. The van der Waals surface area contributed by atoms with E-state index in [1.54, 1.807) is 18.2 Å². The van der Waals surface area contributed by atoms with Crippen molar-refractivity contribution in [3.63, 3.8) is 0 Å². The Morgan fingerprint density at radius 3 is 2.53 bits per heavy atom. The van der Waals surface area contributed by atoms with Crippen molar-refractivity contribution in [3.05, 3.63) is 107 Å². The molecule has 0 aliphatic carbocycles. The quantitative estimate of drug-likeness (QED) is 0.647. The molecule has 4 nitrogen and oxygen atoms in total. The van der Waals surface area contributed by atoms with E-state index in [1.807, 2.05) is 55.5 Å². The van der Waals surface area contributed by atoms with Gasteiger partial charge in [-0.05, 0) is 42.3 Å². The van der Waals surface area contributed by atoms with Crippen LogP contribution < -0.4 is 5.32 Å². The summed E-state index contributed by atoms with van der Waals surface area (Å²) in [5.74, 6) is -0.920. The molecular weight excluding hydrogens is 379 g/mol. The summed E-state index contributed by atoms with van der Waals surface area (Å²) in [6.45, 7) is 1.85. The highest BCUT2D eigenvalue weighted by Crippen LogP contribution is 2.36. The summed E-state index contributed by atoms with van der Waals surface area (Å²) in [6, 6.07) is 20.7. The Labute approximate surface area is 174 Å². The lowest BCUT2D eigenvalue weighted by atomic mass is 9.94. The lowest BCUT2D eigenvalue weighted by Crippen LogP contribution is -2.38. The zero-order chi connectivity index (χ0) is 21.1. The minimum Gasteiger partial charge on any atom is -0.324 e. The van der Waals surface area contributed by atoms with Gasteiger partial charge in [-0.1, -0.05) is 60.2 Å². The van der Waals surface area contributed by atoms with Gasteiger partial charge >= 0.3 is 0 Å². The second kappa shape index (κ2) is 8.33. The molecule has 1 heterocycles. The molecule has 0 saturated carbocycles. The third kappa shape index (κ3) is 4.15. The Kier molecular flexibility index (Phi) is 5.44. The number of hydrogen-bond acceptors (Lipinski definition) is 2. The average molecular weight is 400 g/mol. The molecule has 1 unspecified atom stereocenters. The number of anilines is 1. The largest absolute Gasteiger partial charge is 0.324 e. The third-order valence-corrected chi connectivity index (χ3v) is 5.09. The molecule has 0 radical (unpaired) electrons. The topological polar surface area (TPSA) is 49.4 Å². The second-order valence-electron chi connectivity index (χ2n) is 7.30. The first-order chi connectivity index (χ1) is 14.5. The van der Waals surface area contributed by atoms with Crippen LogP contribution in [0.15, 0.2) is 78.9 Å². The van der Waals surface area contributed by atoms with Gasteiger partial charge in [0.05, 0.1) is 6.04 Å².